The average molecular weight is 333 g/mol. The maximum absolute atomic E-state index is 13.6. The molecule has 0 aliphatic rings. The lowest BCUT2D eigenvalue weighted by atomic mass is 10.2. The molecule has 0 radical (unpaired) electrons. The second kappa shape index (κ2) is 6.28. The van der Waals surface area contributed by atoms with Crippen LogP contribution in [0.15, 0.2) is 22.7 Å². The first kappa shape index (κ1) is 15.1. The molecule has 0 saturated carbocycles. The van der Waals surface area contributed by atoms with E-state index in [0.717, 1.165) is 6.07 Å². The zero-order chi connectivity index (χ0) is 14.6. The number of primary amides is 1. The first-order valence-corrected chi connectivity index (χ1v) is 5.85. The molecule has 0 aliphatic carbocycles. The van der Waals surface area contributed by atoms with Crippen LogP contribution in [-0.4, -0.2) is 40.9 Å². The van der Waals surface area contributed by atoms with E-state index in [1.165, 1.54) is 12.1 Å². The van der Waals surface area contributed by atoms with Crippen LogP contribution in [0.1, 0.15) is 10.4 Å². The number of carboxylic acids is 1. The molecule has 0 aromatic heterocycles. The smallest absolute Gasteiger partial charge is 0.323 e. The predicted molar refractivity (Wildman–Crippen MR) is 66.8 cm³/mol. The van der Waals surface area contributed by atoms with E-state index in [9.17, 15) is 18.8 Å². The van der Waals surface area contributed by atoms with Crippen LogP contribution in [0.2, 0.25) is 0 Å². The number of amides is 2. The molecule has 6 nitrogen and oxygen atoms in total. The van der Waals surface area contributed by atoms with Crippen molar-refractivity contribution in [1.29, 1.82) is 0 Å². The lowest BCUT2D eigenvalue weighted by Gasteiger charge is -2.19. The highest BCUT2D eigenvalue weighted by molar-refractivity contribution is 9.10. The minimum absolute atomic E-state index is 0.328. The number of aliphatic carboxylic acids is 1. The Hall–Kier alpha value is -1.96. The third kappa shape index (κ3) is 4.32. The highest BCUT2D eigenvalue weighted by Gasteiger charge is 2.22. The number of hydrogen-bond acceptors (Lipinski definition) is 3. The average Bonchev–Trinajstić information content (AvgIpc) is 2.26. The van der Waals surface area contributed by atoms with E-state index in [1.807, 2.05) is 0 Å². The molecule has 0 aliphatic heterocycles. The molecule has 1 aromatic rings. The molecule has 102 valence electrons. The molecule has 0 spiro atoms. The summed E-state index contributed by atoms with van der Waals surface area (Å²) in [4.78, 5) is 34.0. The van der Waals surface area contributed by atoms with Crippen molar-refractivity contribution in [2.75, 3.05) is 13.1 Å². The van der Waals surface area contributed by atoms with Gasteiger partial charge in [0.15, 0.2) is 0 Å². The van der Waals surface area contributed by atoms with Crippen molar-refractivity contribution < 1.29 is 23.9 Å². The van der Waals surface area contributed by atoms with Gasteiger partial charge >= 0.3 is 5.97 Å². The van der Waals surface area contributed by atoms with Gasteiger partial charge in [0, 0.05) is 4.47 Å². The maximum Gasteiger partial charge on any atom is 0.323 e. The number of carbonyl (C=O) groups excluding carboxylic acids is 2. The first-order chi connectivity index (χ1) is 8.81. The van der Waals surface area contributed by atoms with Gasteiger partial charge in [-0.3, -0.25) is 14.4 Å². The van der Waals surface area contributed by atoms with E-state index in [-0.39, 0.29) is 5.56 Å². The fourth-order valence-electron chi connectivity index (χ4n) is 1.38. The van der Waals surface area contributed by atoms with Gasteiger partial charge in [0.05, 0.1) is 5.56 Å². The lowest BCUT2D eigenvalue weighted by Crippen LogP contribution is -2.41. The summed E-state index contributed by atoms with van der Waals surface area (Å²) in [5.41, 5.74) is 4.59. The molecule has 0 atom stereocenters. The van der Waals surface area contributed by atoms with Crippen molar-refractivity contribution in [3.63, 3.8) is 0 Å². The van der Waals surface area contributed by atoms with Crippen LogP contribution >= 0.6 is 15.9 Å². The largest absolute Gasteiger partial charge is 0.480 e. The topological polar surface area (TPSA) is 101 Å². The highest BCUT2D eigenvalue weighted by atomic mass is 79.9. The number of carboxylic acid groups (broad SMARTS) is 1. The maximum atomic E-state index is 13.6. The minimum atomic E-state index is -1.33. The van der Waals surface area contributed by atoms with Gasteiger partial charge in [-0.1, -0.05) is 15.9 Å². The number of halogens is 2. The van der Waals surface area contributed by atoms with Crippen LogP contribution in [0.4, 0.5) is 4.39 Å². The minimum Gasteiger partial charge on any atom is -0.480 e. The van der Waals surface area contributed by atoms with Crippen LogP contribution in [0.5, 0.6) is 0 Å². The molecule has 0 bridgehead atoms. The second-order valence-corrected chi connectivity index (χ2v) is 4.56. The van der Waals surface area contributed by atoms with Gasteiger partial charge in [0.1, 0.15) is 18.9 Å². The number of benzene rings is 1. The first-order valence-electron chi connectivity index (χ1n) is 5.05. The summed E-state index contributed by atoms with van der Waals surface area (Å²) in [6.07, 6.45) is 0. The summed E-state index contributed by atoms with van der Waals surface area (Å²) >= 11 is 3.03. The number of rotatable bonds is 5. The van der Waals surface area contributed by atoms with Gasteiger partial charge in [-0.25, -0.2) is 4.39 Å². The molecule has 0 fully saturated rings. The predicted octanol–water partition coefficient (Wildman–Crippen LogP) is 0.600. The van der Waals surface area contributed by atoms with Gasteiger partial charge in [-0.15, -0.1) is 0 Å². The Kier molecular flexibility index (Phi) is 4.99. The van der Waals surface area contributed by atoms with Gasteiger partial charge in [-0.2, -0.15) is 0 Å². The third-order valence-corrected chi connectivity index (χ3v) is 2.61. The molecule has 0 unspecified atom stereocenters. The Labute approximate surface area is 116 Å². The summed E-state index contributed by atoms with van der Waals surface area (Å²) in [6.45, 7) is -1.34. The van der Waals surface area contributed by atoms with Crippen molar-refractivity contribution in [2.24, 2.45) is 5.73 Å². The molecule has 1 rings (SSSR count). The zero-order valence-electron chi connectivity index (χ0n) is 9.60. The summed E-state index contributed by atoms with van der Waals surface area (Å²) in [5, 5.41) is 8.66. The van der Waals surface area contributed by atoms with Crippen molar-refractivity contribution in [2.45, 2.75) is 0 Å². The van der Waals surface area contributed by atoms with Crippen LogP contribution in [0.25, 0.3) is 0 Å². The zero-order valence-corrected chi connectivity index (χ0v) is 11.2. The molecule has 3 N–H and O–H groups in total. The number of hydrogen-bond donors (Lipinski definition) is 2. The molecular weight excluding hydrogens is 323 g/mol. The van der Waals surface area contributed by atoms with Crippen LogP contribution in [0, 0.1) is 5.82 Å². The molecular formula is C11H10BrFN2O4. The standard InChI is InChI=1S/C11H10BrFN2O4/c12-6-1-2-7(8(13)3-6)11(19)15(4-9(14)16)5-10(17)18/h1-3H,4-5H2,(H2,14,16)(H,17,18). The summed E-state index contributed by atoms with van der Waals surface area (Å²) < 4.78 is 14.0. The summed E-state index contributed by atoms with van der Waals surface area (Å²) in [5.74, 6) is -3.94. The van der Waals surface area contributed by atoms with Gasteiger partial charge in [0.2, 0.25) is 5.91 Å². The SMILES string of the molecule is NC(=O)CN(CC(=O)O)C(=O)c1ccc(Br)cc1F. The number of nitrogens with zero attached hydrogens (tertiary/aromatic N) is 1. The molecule has 1 aromatic carbocycles. The van der Waals surface area contributed by atoms with Crippen molar-refractivity contribution >= 4 is 33.7 Å². The van der Waals surface area contributed by atoms with E-state index < -0.39 is 36.7 Å². The molecule has 0 saturated heterocycles. The Morgan fingerprint density at radius 3 is 2.42 bits per heavy atom. The monoisotopic (exact) mass is 332 g/mol. The fourth-order valence-corrected chi connectivity index (χ4v) is 1.72. The van der Waals surface area contributed by atoms with Gasteiger partial charge in [0.25, 0.3) is 5.91 Å². The van der Waals surface area contributed by atoms with E-state index in [0.29, 0.717) is 9.37 Å². The fraction of sp³-hybridized carbons (Fsp3) is 0.182. The Bertz CT molecular complexity index is 519. The van der Waals surface area contributed by atoms with Gasteiger partial charge in [-0.05, 0) is 18.2 Å². The van der Waals surface area contributed by atoms with E-state index >= 15 is 0 Å². The van der Waals surface area contributed by atoms with Gasteiger partial charge < -0.3 is 15.7 Å². The highest BCUT2D eigenvalue weighted by Crippen LogP contribution is 2.16. The summed E-state index contributed by atoms with van der Waals surface area (Å²) in [7, 11) is 0. The molecule has 19 heavy (non-hydrogen) atoms. The second-order valence-electron chi connectivity index (χ2n) is 3.65. The molecule has 8 heteroatoms. The van der Waals surface area contributed by atoms with E-state index in [1.54, 1.807) is 0 Å². The molecule has 2 amide bonds. The Morgan fingerprint density at radius 1 is 1.32 bits per heavy atom. The van der Waals surface area contributed by atoms with Crippen LogP contribution < -0.4 is 5.73 Å². The third-order valence-electron chi connectivity index (χ3n) is 2.12. The lowest BCUT2D eigenvalue weighted by molar-refractivity contribution is -0.138. The van der Waals surface area contributed by atoms with Crippen LogP contribution in [0.3, 0.4) is 0 Å². The van der Waals surface area contributed by atoms with Crippen LogP contribution in [-0.2, 0) is 9.59 Å². The Balaban J connectivity index is 3.04. The van der Waals surface area contributed by atoms with Crippen molar-refractivity contribution in [3.8, 4) is 0 Å². The number of carbonyl (C=O) groups is 3. The molecule has 0 heterocycles. The normalized spacial score (nSPS) is 10.0. The van der Waals surface area contributed by atoms with E-state index in [4.69, 9.17) is 10.8 Å². The van der Waals surface area contributed by atoms with Crippen molar-refractivity contribution in [3.05, 3.63) is 34.1 Å². The van der Waals surface area contributed by atoms with E-state index in [2.05, 4.69) is 15.9 Å². The van der Waals surface area contributed by atoms with Crippen molar-refractivity contribution in [1.82, 2.24) is 4.90 Å². The number of nitrogens with two attached hydrogens (primary N) is 1. The quantitative estimate of drug-likeness (QED) is 0.824. The summed E-state index contributed by atoms with van der Waals surface area (Å²) in [6, 6.07) is 3.69. The Morgan fingerprint density at radius 2 is 1.95 bits per heavy atom.